The number of unbranched alkanes of at least 4 members (excludes halogenated alkanes) is 18. The van der Waals surface area contributed by atoms with Crippen molar-refractivity contribution in [3.63, 3.8) is 0 Å². The number of ether oxygens (including phenoxy) is 3. The Balaban J connectivity index is 4.48. The third kappa shape index (κ3) is 43.7. The second-order valence-corrected chi connectivity index (χ2v) is 15.3. The van der Waals surface area contributed by atoms with E-state index in [9.17, 15) is 14.4 Å². The summed E-state index contributed by atoms with van der Waals surface area (Å²) in [6, 6.07) is 0. The third-order valence-corrected chi connectivity index (χ3v) is 9.68. The Hall–Kier alpha value is -3.41. The Morgan fingerprint density at radius 1 is 0.379 bits per heavy atom. The molecule has 0 aliphatic heterocycles. The van der Waals surface area contributed by atoms with E-state index in [1.807, 2.05) is 0 Å². The standard InChI is InChI=1S/C52H86O6/c1-4-7-10-13-16-19-22-25-26-28-30-33-36-39-42-45-51(54)57-48-49(47-56-50(53)44-41-38-35-32-29-24-21-18-15-12-9-6-3)58-52(55)46-43-40-37-34-31-27-23-20-17-14-11-8-5-2/h7,9-10,12-13,16,18-19,21-22,27,29,31-32,49H,4-6,8,11,14-15,17,20,23-26,28,30,33-48H2,1-3H3/b10-7-,12-9-,16-13-,21-18-,22-19-,31-27-,32-29-. The maximum atomic E-state index is 12.7. The molecule has 6 heteroatoms. The molecule has 330 valence electrons. The molecule has 0 aromatic heterocycles. The highest BCUT2D eigenvalue weighted by atomic mass is 16.6. The van der Waals surface area contributed by atoms with Crippen LogP contribution in [0.3, 0.4) is 0 Å². The van der Waals surface area contributed by atoms with Gasteiger partial charge < -0.3 is 14.2 Å². The molecular formula is C52H86O6. The molecule has 0 saturated heterocycles. The molecule has 1 unspecified atom stereocenters. The fourth-order valence-corrected chi connectivity index (χ4v) is 6.15. The molecule has 0 fully saturated rings. The summed E-state index contributed by atoms with van der Waals surface area (Å²) in [5.41, 5.74) is 0. The summed E-state index contributed by atoms with van der Waals surface area (Å²) in [5.74, 6) is -0.977. The van der Waals surface area contributed by atoms with Gasteiger partial charge >= 0.3 is 17.9 Å². The molecule has 0 aromatic carbocycles. The zero-order chi connectivity index (χ0) is 42.3. The van der Waals surface area contributed by atoms with Crippen LogP contribution in [0.2, 0.25) is 0 Å². The van der Waals surface area contributed by atoms with Gasteiger partial charge in [-0.2, -0.15) is 0 Å². The molecule has 58 heavy (non-hydrogen) atoms. The monoisotopic (exact) mass is 807 g/mol. The van der Waals surface area contributed by atoms with E-state index in [0.29, 0.717) is 19.3 Å². The van der Waals surface area contributed by atoms with Gasteiger partial charge in [-0.05, 0) is 96.3 Å². The van der Waals surface area contributed by atoms with Crippen LogP contribution in [0.1, 0.15) is 207 Å². The zero-order valence-corrected chi connectivity index (χ0v) is 37.5. The van der Waals surface area contributed by atoms with Crippen LogP contribution >= 0.6 is 0 Å². The number of rotatable bonds is 41. The van der Waals surface area contributed by atoms with Crippen molar-refractivity contribution in [2.75, 3.05) is 13.2 Å². The third-order valence-electron chi connectivity index (χ3n) is 9.68. The van der Waals surface area contributed by atoms with Gasteiger partial charge in [-0.25, -0.2) is 0 Å². The van der Waals surface area contributed by atoms with E-state index >= 15 is 0 Å². The minimum atomic E-state index is -0.803. The minimum absolute atomic E-state index is 0.102. The Morgan fingerprint density at radius 2 is 0.759 bits per heavy atom. The maximum Gasteiger partial charge on any atom is 0.306 e. The van der Waals surface area contributed by atoms with Crippen LogP contribution in [0.4, 0.5) is 0 Å². The smallest absolute Gasteiger partial charge is 0.306 e. The summed E-state index contributed by atoms with van der Waals surface area (Å²) >= 11 is 0. The van der Waals surface area contributed by atoms with Gasteiger partial charge in [0.2, 0.25) is 0 Å². The normalized spacial score (nSPS) is 12.8. The average Bonchev–Trinajstić information content (AvgIpc) is 3.22. The highest BCUT2D eigenvalue weighted by molar-refractivity contribution is 5.71. The second-order valence-electron chi connectivity index (χ2n) is 15.3. The predicted octanol–water partition coefficient (Wildman–Crippen LogP) is 15.3. The summed E-state index contributed by atoms with van der Waals surface area (Å²) in [4.78, 5) is 37.8. The molecule has 0 radical (unpaired) electrons. The topological polar surface area (TPSA) is 78.9 Å². The van der Waals surface area contributed by atoms with Gasteiger partial charge in [-0.3, -0.25) is 14.4 Å². The number of hydrogen-bond acceptors (Lipinski definition) is 6. The van der Waals surface area contributed by atoms with E-state index in [-0.39, 0.29) is 31.1 Å². The van der Waals surface area contributed by atoms with E-state index < -0.39 is 6.10 Å². The van der Waals surface area contributed by atoms with Crippen molar-refractivity contribution in [3.05, 3.63) is 85.1 Å². The van der Waals surface area contributed by atoms with Crippen molar-refractivity contribution in [2.45, 2.75) is 213 Å². The van der Waals surface area contributed by atoms with Gasteiger partial charge in [-0.15, -0.1) is 0 Å². The molecule has 0 aliphatic carbocycles. The van der Waals surface area contributed by atoms with Crippen LogP contribution in [0, 0.1) is 0 Å². The summed E-state index contributed by atoms with van der Waals surface area (Å²) in [7, 11) is 0. The Kier molecular flexibility index (Phi) is 43.6. The van der Waals surface area contributed by atoms with E-state index in [2.05, 4.69) is 106 Å². The first-order chi connectivity index (χ1) is 28.5. The largest absolute Gasteiger partial charge is 0.462 e. The first-order valence-corrected chi connectivity index (χ1v) is 23.6. The fraction of sp³-hybridized carbons (Fsp3) is 0.673. The average molecular weight is 807 g/mol. The molecule has 0 aromatic rings. The highest BCUT2D eigenvalue weighted by Crippen LogP contribution is 2.13. The van der Waals surface area contributed by atoms with Crippen molar-refractivity contribution < 1.29 is 28.6 Å². The fourth-order valence-electron chi connectivity index (χ4n) is 6.15. The van der Waals surface area contributed by atoms with Crippen LogP contribution in [0.25, 0.3) is 0 Å². The van der Waals surface area contributed by atoms with Gasteiger partial charge in [0.1, 0.15) is 13.2 Å². The second kappa shape index (κ2) is 46.3. The molecular weight excluding hydrogens is 721 g/mol. The molecule has 0 bridgehead atoms. The first-order valence-electron chi connectivity index (χ1n) is 23.6. The molecule has 0 heterocycles. The molecule has 0 spiro atoms. The first kappa shape index (κ1) is 54.6. The molecule has 0 aliphatic rings. The number of esters is 3. The van der Waals surface area contributed by atoms with Gasteiger partial charge in [0, 0.05) is 19.3 Å². The lowest BCUT2D eigenvalue weighted by atomic mass is 10.1. The van der Waals surface area contributed by atoms with Crippen molar-refractivity contribution >= 4 is 17.9 Å². The van der Waals surface area contributed by atoms with Crippen molar-refractivity contribution in [1.82, 2.24) is 0 Å². The lowest BCUT2D eigenvalue weighted by Gasteiger charge is -2.18. The number of hydrogen-bond donors (Lipinski definition) is 0. The van der Waals surface area contributed by atoms with Gasteiger partial charge in [0.15, 0.2) is 6.10 Å². The van der Waals surface area contributed by atoms with E-state index in [4.69, 9.17) is 14.2 Å². The number of carbonyl (C=O) groups is 3. The van der Waals surface area contributed by atoms with E-state index in [1.54, 1.807) is 0 Å². The van der Waals surface area contributed by atoms with Crippen molar-refractivity contribution in [3.8, 4) is 0 Å². The van der Waals surface area contributed by atoms with Crippen LogP contribution in [-0.4, -0.2) is 37.2 Å². The maximum absolute atomic E-state index is 12.7. The van der Waals surface area contributed by atoms with Crippen LogP contribution in [-0.2, 0) is 28.6 Å². The van der Waals surface area contributed by atoms with E-state index in [0.717, 1.165) is 103 Å². The summed E-state index contributed by atoms with van der Waals surface area (Å²) in [5, 5.41) is 0. The number of allylic oxidation sites excluding steroid dienone is 14. The minimum Gasteiger partial charge on any atom is -0.462 e. The van der Waals surface area contributed by atoms with Crippen LogP contribution in [0.5, 0.6) is 0 Å². The zero-order valence-electron chi connectivity index (χ0n) is 37.5. The van der Waals surface area contributed by atoms with Crippen molar-refractivity contribution in [1.29, 1.82) is 0 Å². The lowest BCUT2D eigenvalue weighted by Crippen LogP contribution is -2.30. The summed E-state index contributed by atoms with van der Waals surface area (Å²) < 4.78 is 16.7. The van der Waals surface area contributed by atoms with E-state index in [1.165, 1.54) is 64.2 Å². The predicted molar refractivity (Wildman–Crippen MR) is 247 cm³/mol. The Labute approximate surface area is 356 Å². The Morgan fingerprint density at radius 3 is 1.31 bits per heavy atom. The lowest BCUT2D eigenvalue weighted by molar-refractivity contribution is -0.167. The number of carbonyl (C=O) groups excluding carboxylic acids is 3. The molecule has 6 nitrogen and oxygen atoms in total. The quantitative estimate of drug-likeness (QED) is 0.0201. The summed E-state index contributed by atoms with van der Waals surface area (Å²) in [6.45, 7) is 6.31. The van der Waals surface area contributed by atoms with Crippen LogP contribution < -0.4 is 0 Å². The van der Waals surface area contributed by atoms with Gasteiger partial charge in [0.25, 0.3) is 0 Å². The molecule has 0 N–H and O–H groups in total. The molecule has 0 rings (SSSR count). The van der Waals surface area contributed by atoms with Crippen LogP contribution in [0.15, 0.2) is 85.1 Å². The highest BCUT2D eigenvalue weighted by Gasteiger charge is 2.19. The SMILES string of the molecule is CC\C=C/C=C\C=C/CCCCCCCCCC(=O)OCC(COC(=O)CCCC/C=C\C/C=C\C/C=C\CC)OC(=O)CCCCC/C=C\CCCCCCCC. The molecule has 0 amide bonds. The van der Waals surface area contributed by atoms with Crippen molar-refractivity contribution in [2.24, 2.45) is 0 Å². The summed E-state index contributed by atoms with van der Waals surface area (Å²) in [6.07, 6.45) is 58.5. The molecule has 1 atom stereocenters. The van der Waals surface area contributed by atoms with Gasteiger partial charge in [0.05, 0.1) is 0 Å². The Bertz CT molecular complexity index is 1160. The van der Waals surface area contributed by atoms with Gasteiger partial charge in [-0.1, -0.05) is 176 Å². The molecule has 0 saturated carbocycles.